The molecule has 3 rings (SSSR count). The van der Waals surface area contributed by atoms with E-state index in [1.54, 1.807) is 25.5 Å². The molecule has 0 aliphatic carbocycles. The molecule has 6 heteroatoms. The fourth-order valence-electron chi connectivity index (χ4n) is 4.41. The van der Waals surface area contributed by atoms with Gasteiger partial charge in [-0.25, -0.2) is 5.43 Å². The van der Waals surface area contributed by atoms with Gasteiger partial charge in [0.05, 0.1) is 16.9 Å². The Morgan fingerprint density at radius 3 is 2.77 bits per heavy atom. The highest BCUT2D eigenvalue weighted by molar-refractivity contribution is 14.1. The molecule has 1 aliphatic rings. The van der Waals surface area contributed by atoms with Crippen molar-refractivity contribution in [2.45, 2.75) is 52.5 Å². The number of rotatable bonds is 5. The molecule has 1 heterocycles. The number of aryl methyl sites for hydroxylation is 1. The molecule has 160 valence electrons. The van der Waals surface area contributed by atoms with E-state index in [4.69, 9.17) is 4.74 Å². The second kappa shape index (κ2) is 8.96. The van der Waals surface area contributed by atoms with Crippen LogP contribution >= 0.6 is 22.6 Å². The molecule has 0 fully saturated rings. The van der Waals surface area contributed by atoms with Crippen molar-refractivity contribution >= 4 is 40.4 Å². The third kappa shape index (κ3) is 4.48. The van der Waals surface area contributed by atoms with Crippen LogP contribution in [0.2, 0.25) is 0 Å². The molecule has 0 bridgehead atoms. The summed E-state index contributed by atoms with van der Waals surface area (Å²) in [5.74, 6) is 0.887. The molecule has 1 atom stereocenters. The number of ether oxygens (including phenoxy) is 1. The zero-order valence-electron chi connectivity index (χ0n) is 18.5. The Bertz CT molecular complexity index is 985. The Balaban J connectivity index is 1.82. The summed E-state index contributed by atoms with van der Waals surface area (Å²) >= 11 is 2.18. The monoisotopic (exact) mass is 519 g/mol. The molecule has 2 aromatic carbocycles. The Morgan fingerprint density at radius 2 is 2.10 bits per heavy atom. The van der Waals surface area contributed by atoms with Gasteiger partial charge in [-0.3, -0.25) is 4.79 Å². The molecule has 1 N–H and O–H groups in total. The van der Waals surface area contributed by atoms with Crippen LogP contribution in [-0.2, 0) is 0 Å². The van der Waals surface area contributed by atoms with E-state index >= 15 is 0 Å². The van der Waals surface area contributed by atoms with E-state index in [0.29, 0.717) is 17.2 Å². The number of benzene rings is 2. The van der Waals surface area contributed by atoms with E-state index in [9.17, 15) is 4.79 Å². The summed E-state index contributed by atoms with van der Waals surface area (Å²) < 4.78 is 6.25. The van der Waals surface area contributed by atoms with Crippen LogP contribution in [0, 0.1) is 10.5 Å². The number of halogens is 1. The van der Waals surface area contributed by atoms with Crippen molar-refractivity contribution in [3.63, 3.8) is 0 Å². The molecule has 1 aliphatic heterocycles. The second-order valence-electron chi connectivity index (χ2n) is 8.48. The van der Waals surface area contributed by atoms with Gasteiger partial charge in [0.1, 0.15) is 5.75 Å². The van der Waals surface area contributed by atoms with Gasteiger partial charge in [0.25, 0.3) is 5.91 Å². The number of carbonyl (C=O) groups excluding carboxylic acids is 1. The van der Waals surface area contributed by atoms with Gasteiger partial charge in [-0.1, -0.05) is 6.92 Å². The number of methoxy groups -OCH3 is 1. The molecule has 0 saturated carbocycles. The number of hydrogen-bond acceptors (Lipinski definition) is 4. The van der Waals surface area contributed by atoms with E-state index in [2.05, 4.69) is 84.8 Å². The molecule has 1 amide bonds. The first kappa shape index (κ1) is 22.6. The van der Waals surface area contributed by atoms with E-state index in [1.165, 1.54) is 11.3 Å². The maximum Gasteiger partial charge on any atom is 0.271 e. The van der Waals surface area contributed by atoms with Crippen LogP contribution in [-0.4, -0.2) is 31.3 Å². The lowest BCUT2D eigenvalue weighted by Gasteiger charge is -2.47. The van der Waals surface area contributed by atoms with Gasteiger partial charge in [0.15, 0.2) is 0 Å². The highest BCUT2D eigenvalue weighted by atomic mass is 127. The number of hydrogen-bond donors (Lipinski definition) is 1. The molecule has 1 unspecified atom stereocenters. The minimum atomic E-state index is -0.260. The Labute approximate surface area is 193 Å². The number of carbonyl (C=O) groups is 1. The molecule has 2 aromatic rings. The van der Waals surface area contributed by atoms with Crippen LogP contribution in [0.3, 0.4) is 0 Å². The zero-order valence-corrected chi connectivity index (χ0v) is 20.7. The van der Waals surface area contributed by atoms with E-state index in [-0.39, 0.29) is 11.4 Å². The first-order chi connectivity index (χ1) is 14.2. The number of nitrogens with zero attached hydrogens (tertiary/aromatic N) is 2. The highest BCUT2D eigenvalue weighted by Crippen LogP contribution is 2.44. The number of fused-ring (bicyclic) bond motifs is 1. The zero-order chi connectivity index (χ0) is 22.1. The minimum absolute atomic E-state index is 0.145. The van der Waals surface area contributed by atoms with Gasteiger partial charge in [-0.15, -0.1) is 0 Å². The maximum atomic E-state index is 12.4. The lowest BCUT2D eigenvalue weighted by atomic mass is 9.79. The van der Waals surface area contributed by atoms with Crippen LogP contribution in [0.25, 0.3) is 0 Å². The van der Waals surface area contributed by atoms with Crippen molar-refractivity contribution in [1.29, 1.82) is 0 Å². The summed E-state index contributed by atoms with van der Waals surface area (Å²) in [6.45, 7) is 12.2. The van der Waals surface area contributed by atoms with Crippen LogP contribution in [0.4, 0.5) is 5.69 Å². The van der Waals surface area contributed by atoms with Gasteiger partial charge in [-0.05, 0) is 110 Å². The third-order valence-electron chi connectivity index (χ3n) is 5.87. The fraction of sp³-hybridized carbons (Fsp3) is 0.417. The van der Waals surface area contributed by atoms with E-state index in [0.717, 1.165) is 27.7 Å². The maximum absolute atomic E-state index is 12.4. The largest absolute Gasteiger partial charge is 0.496 e. The summed E-state index contributed by atoms with van der Waals surface area (Å²) in [6, 6.07) is 9.82. The fourth-order valence-corrected chi connectivity index (χ4v) is 4.97. The third-order valence-corrected chi connectivity index (χ3v) is 6.76. The summed E-state index contributed by atoms with van der Waals surface area (Å²) in [5, 5.41) is 4.22. The number of nitrogens with one attached hydrogen (secondary N) is 1. The van der Waals surface area contributed by atoms with Crippen molar-refractivity contribution < 1.29 is 9.53 Å². The Hall–Kier alpha value is -2.09. The predicted octanol–water partition coefficient (Wildman–Crippen LogP) is 5.48. The van der Waals surface area contributed by atoms with Crippen molar-refractivity contribution in [3.8, 4) is 5.75 Å². The average molecular weight is 519 g/mol. The van der Waals surface area contributed by atoms with E-state index in [1.807, 2.05) is 6.07 Å². The van der Waals surface area contributed by atoms with Gasteiger partial charge in [-0.2, -0.15) is 5.10 Å². The molecule has 30 heavy (non-hydrogen) atoms. The number of amides is 1. The summed E-state index contributed by atoms with van der Waals surface area (Å²) in [5.41, 5.74) is 8.12. The van der Waals surface area contributed by atoms with Crippen molar-refractivity contribution in [2.24, 2.45) is 5.10 Å². The molecule has 0 saturated heterocycles. The molecule has 0 aromatic heterocycles. The molecule has 0 radical (unpaired) electrons. The van der Waals surface area contributed by atoms with E-state index < -0.39 is 0 Å². The number of hydrazone groups is 1. The minimum Gasteiger partial charge on any atom is -0.496 e. The van der Waals surface area contributed by atoms with Crippen LogP contribution in [0.15, 0.2) is 35.4 Å². The lowest BCUT2D eigenvalue weighted by Crippen LogP contribution is -2.48. The standard InChI is InChI=1S/C24H30IN3O2/c1-7-28-21-10-15(2)18(11-19(21)16(3)13-24(28,4)5)14-26-27-23(29)17-8-9-20(25)22(12-17)30-6/h8-12,14,16H,7,13H2,1-6H3,(H,27,29)/b26-14+. The van der Waals surface area contributed by atoms with Crippen molar-refractivity contribution in [3.05, 3.63) is 56.2 Å². The SMILES string of the molecule is CCN1c2cc(C)c(/C=N/NC(=O)c3ccc(I)c(OC)c3)cc2C(C)CC1(C)C. The number of anilines is 1. The smallest absolute Gasteiger partial charge is 0.271 e. The first-order valence-electron chi connectivity index (χ1n) is 10.3. The van der Waals surface area contributed by atoms with Gasteiger partial charge < -0.3 is 9.64 Å². The molecular weight excluding hydrogens is 489 g/mol. The quantitative estimate of drug-likeness (QED) is 0.323. The van der Waals surface area contributed by atoms with Crippen molar-refractivity contribution in [1.82, 2.24) is 5.43 Å². The molecule has 5 nitrogen and oxygen atoms in total. The normalized spacial score (nSPS) is 17.7. The lowest BCUT2D eigenvalue weighted by molar-refractivity contribution is 0.0954. The van der Waals surface area contributed by atoms with Crippen LogP contribution in [0.5, 0.6) is 5.75 Å². The Kier molecular flexibility index (Phi) is 6.75. The topological polar surface area (TPSA) is 53.9 Å². The van der Waals surface area contributed by atoms with Gasteiger partial charge >= 0.3 is 0 Å². The first-order valence-corrected chi connectivity index (χ1v) is 11.3. The Morgan fingerprint density at radius 1 is 1.37 bits per heavy atom. The second-order valence-corrected chi connectivity index (χ2v) is 9.64. The predicted molar refractivity (Wildman–Crippen MR) is 132 cm³/mol. The van der Waals surface area contributed by atoms with Gasteiger partial charge in [0.2, 0.25) is 0 Å². The average Bonchev–Trinajstić information content (AvgIpc) is 2.68. The van der Waals surface area contributed by atoms with Gasteiger partial charge in [0, 0.05) is 23.3 Å². The summed E-state index contributed by atoms with van der Waals surface area (Å²) in [7, 11) is 1.60. The van der Waals surface area contributed by atoms with Crippen LogP contribution < -0.4 is 15.1 Å². The highest BCUT2D eigenvalue weighted by Gasteiger charge is 2.35. The van der Waals surface area contributed by atoms with Crippen LogP contribution in [0.1, 0.15) is 67.1 Å². The summed E-state index contributed by atoms with van der Waals surface area (Å²) in [6.07, 6.45) is 2.85. The van der Waals surface area contributed by atoms with Crippen molar-refractivity contribution in [2.75, 3.05) is 18.6 Å². The molecule has 0 spiro atoms. The molecular formula is C24H30IN3O2. The summed E-state index contributed by atoms with van der Waals surface area (Å²) in [4.78, 5) is 14.9.